The summed E-state index contributed by atoms with van der Waals surface area (Å²) >= 11 is 0. The zero-order chi connectivity index (χ0) is 11.5. The number of imide groups is 1. The Morgan fingerprint density at radius 3 is 2.69 bits per heavy atom. The Hall–Kier alpha value is -1.91. The van der Waals surface area contributed by atoms with Gasteiger partial charge in [0.1, 0.15) is 11.6 Å². The smallest absolute Gasteiger partial charge is 0.235 e. The summed E-state index contributed by atoms with van der Waals surface area (Å²) in [6.45, 7) is 2.40. The summed E-state index contributed by atoms with van der Waals surface area (Å²) in [6, 6.07) is 3.29. The molecular weight excluding hydrogens is 208 g/mol. The number of hydrogen-bond acceptors (Lipinski definition) is 4. The average Bonchev–Trinajstić information content (AvgIpc) is 2.59. The van der Waals surface area contributed by atoms with Crippen LogP contribution < -0.4 is 9.64 Å². The molecule has 1 aliphatic heterocycles. The topological polar surface area (TPSA) is 59.5 Å². The molecule has 1 saturated heterocycles. The second kappa shape index (κ2) is 4.30. The number of hydrogen-bond donors (Lipinski definition) is 0. The first-order valence-electron chi connectivity index (χ1n) is 5.17. The molecule has 5 nitrogen and oxygen atoms in total. The zero-order valence-electron chi connectivity index (χ0n) is 8.97. The number of amides is 2. The second-order valence-corrected chi connectivity index (χ2v) is 3.41. The van der Waals surface area contributed by atoms with Gasteiger partial charge < -0.3 is 4.74 Å². The summed E-state index contributed by atoms with van der Waals surface area (Å²) in [5.74, 6) is 0.552. The Labute approximate surface area is 93.0 Å². The van der Waals surface area contributed by atoms with E-state index in [0.717, 1.165) is 4.90 Å². The third kappa shape index (κ3) is 1.88. The van der Waals surface area contributed by atoms with Gasteiger partial charge in [0, 0.05) is 25.1 Å². The third-order valence-corrected chi connectivity index (χ3v) is 2.31. The van der Waals surface area contributed by atoms with Crippen molar-refractivity contribution in [2.45, 2.75) is 19.8 Å². The van der Waals surface area contributed by atoms with Crippen molar-refractivity contribution in [1.82, 2.24) is 4.98 Å². The number of anilines is 1. The van der Waals surface area contributed by atoms with E-state index in [1.165, 1.54) is 6.20 Å². The van der Waals surface area contributed by atoms with Crippen LogP contribution in [0.4, 0.5) is 5.82 Å². The van der Waals surface area contributed by atoms with Crippen molar-refractivity contribution in [2.75, 3.05) is 11.5 Å². The Morgan fingerprint density at radius 1 is 1.38 bits per heavy atom. The van der Waals surface area contributed by atoms with Gasteiger partial charge in [-0.1, -0.05) is 0 Å². The van der Waals surface area contributed by atoms with Gasteiger partial charge in [0.15, 0.2) is 0 Å². The van der Waals surface area contributed by atoms with Gasteiger partial charge in [0.05, 0.1) is 6.61 Å². The lowest BCUT2D eigenvalue weighted by atomic mass is 10.4. The molecule has 1 fully saturated rings. The minimum atomic E-state index is -0.203. The highest BCUT2D eigenvalue weighted by Crippen LogP contribution is 2.23. The first kappa shape index (κ1) is 10.6. The van der Waals surface area contributed by atoms with Crippen molar-refractivity contribution in [3.8, 4) is 5.75 Å². The molecule has 84 valence electrons. The summed E-state index contributed by atoms with van der Waals surface area (Å²) in [5, 5.41) is 0. The van der Waals surface area contributed by atoms with E-state index < -0.39 is 0 Å². The van der Waals surface area contributed by atoms with Crippen LogP contribution in [0.5, 0.6) is 5.75 Å². The number of carbonyl (C=O) groups excluding carboxylic acids is 2. The van der Waals surface area contributed by atoms with Gasteiger partial charge in [-0.25, -0.2) is 9.88 Å². The lowest BCUT2D eigenvalue weighted by molar-refractivity contribution is -0.121. The molecule has 2 heterocycles. The van der Waals surface area contributed by atoms with Crippen LogP contribution in [0.1, 0.15) is 19.8 Å². The molecule has 1 aromatic rings. The Balaban J connectivity index is 2.29. The first-order chi connectivity index (χ1) is 7.72. The first-order valence-corrected chi connectivity index (χ1v) is 5.17. The fourth-order valence-electron chi connectivity index (χ4n) is 1.61. The third-order valence-electron chi connectivity index (χ3n) is 2.31. The molecule has 0 atom stereocenters. The normalized spacial score (nSPS) is 15.7. The molecule has 1 aromatic heterocycles. The molecule has 0 aromatic carbocycles. The van der Waals surface area contributed by atoms with Crippen molar-refractivity contribution < 1.29 is 14.3 Å². The molecule has 2 amide bonds. The predicted octanol–water partition coefficient (Wildman–Crippen LogP) is 1.13. The Bertz CT molecular complexity index is 415. The summed E-state index contributed by atoms with van der Waals surface area (Å²) < 4.78 is 5.29. The van der Waals surface area contributed by atoms with E-state index in [1.807, 2.05) is 6.92 Å². The van der Waals surface area contributed by atoms with Crippen LogP contribution in [0.25, 0.3) is 0 Å². The fraction of sp³-hybridized carbons (Fsp3) is 0.364. The van der Waals surface area contributed by atoms with E-state index in [-0.39, 0.29) is 24.7 Å². The van der Waals surface area contributed by atoms with E-state index in [2.05, 4.69) is 4.98 Å². The highest BCUT2D eigenvalue weighted by atomic mass is 16.5. The van der Waals surface area contributed by atoms with Crippen LogP contribution in [0.2, 0.25) is 0 Å². The fourth-order valence-corrected chi connectivity index (χ4v) is 1.61. The van der Waals surface area contributed by atoms with Crippen LogP contribution in [0.15, 0.2) is 18.3 Å². The summed E-state index contributed by atoms with van der Waals surface area (Å²) in [7, 11) is 0. The van der Waals surface area contributed by atoms with Gasteiger partial charge >= 0.3 is 0 Å². The SMILES string of the molecule is CCOc1ccnc(N2C(=O)CCC2=O)c1. The summed E-state index contributed by atoms with van der Waals surface area (Å²) in [4.78, 5) is 28.1. The Kier molecular flexibility index (Phi) is 2.85. The average molecular weight is 220 g/mol. The van der Waals surface area contributed by atoms with Crippen LogP contribution in [0, 0.1) is 0 Å². The van der Waals surface area contributed by atoms with Crippen LogP contribution >= 0.6 is 0 Å². The van der Waals surface area contributed by atoms with E-state index in [1.54, 1.807) is 12.1 Å². The number of nitrogens with zero attached hydrogens (tertiary/aromatic N) is 2. The van der Waals surface area contributed by atoms with Crippen molar-refractivity contribution in [3.05, 3.63) is 18.3 Å². The summed E-state index contributed by atoms with van der Waals surface area (Å²) in [6.07, 6.45) is 2.05. The van der Waals surface area contributed by atoms with E-state index in [0.29, 0.717) is 18.2 Å². The molecule has 1 aliphatic rings. The minimum Gasteiger partial charge on any atom is -0.494 e. The van der Waals surface area contributed by atoms with Crippen molar-refractivity contribution in [1.29, 1.82) is 0 Å². The van der Waals surface area contributed by atoms with Crippen LogP contribution in [0.3, 0.4) is 0 Å². The quantitative estimate of drug-likeness (QED) is 0.716. The lowest BCUT2D eigenvalue weighted by Crippen LogP contribution is -2.29. The maximum atomic E-state index is 11.5. The highest BCUT2D eigenvalue weighted by molar-refractivity contribution is 6.19. The van der Waals surface area contributed by atoms with Gasteiger partial charge in [0.25, 0.3) is 0 Å². The van der Waals surface area contributed by atoms with Gasteiger partial charge in [-0.2, -0.15) is 0 Å². The lowest BCUT2D eigenvalue weighted by Gasteiger charge is -2.13. The maximum Gasteiger partial charge on any atom is 0.235 e. The standard InChI is InChI=1S/C11H12N2O3/c1-2-16-8-5-6-12-9(7-8)13-10(14)3-4-11(13)15/h5-7H,2-4H2,1H3. The minimum absolute atomic E-state index is 0.203. The second-order valence-electron chi connectivity index (χ2n) is 3.41. The van der Waals surface area contributed by atoms with Crippen LogP contribution in [-0.2, 0) is 9.59 Å². The number of rotatable bonds is 3. The predicted molar refractivity (Wildman–Crippen MR) is 57.1 cm³/mol. The van der Waals surface area contributed by atoms with Crippen molar-refractivity contribution >= 4 is 17.6 Å². The van der Waals surface area contributed by atoms with E-state index >= 15 is 0 Å². The van der Waals surface area contributed by atoms with Gasteiger partial charge in [-0.05, 0) is 13.0 Å². The van der Waals surface area contributed by atoms with Crippen molar-refractivity contribution in [3.63, 3.8) is 0 Å². The van der Waals surface area contributed by atoms with E-state index in [4.69, 9.17) is 4.74 Å². The number of pyridine rings is 1. The molecule has 2 rings (SSSR count). The monoisotopic (exact) mass is 220 g/mol. The number of ether oxygens (including phenoxy) is 1. The maximum absolute atomic E-state index is 11.5. The molecule has 0 unspecified atom stereocenters. The highest BCUT2D eigenvalue weighted by Gasteiger charge is 2.31. The largest absolute Gasteiger partial charge is 0.494 e. The summed E-state index contributed by atoms with van der Waals surface area (Å²) in [5.41, 5.74) is 0. The van der Waals surface area contributed by atoms with Gasteiger partial charge in [-0.15, -0.1) is 0 Å². The molecule has 16 heavy (non-hydrogen) atoms. The zero-order valence-corrected chi connectivity index (χ0v) is 8.97. The van der Waals surface area contributed by atoms with Crippen molar-refractivity contribution in [2.24, 2.45) is 0 Å². The van der Waals surface area contributed by atoms with Gasteiger partial charge in [-0.3, -0.25) is 9.59 Å². The molecular formula is C11H12N2O3. The van der Waals surface area contributed by atoms with Crippen LogP contribution in [-0.4, -0.2) is 23.4 Å². The molecule has 0 radical (unpaired) electrons. The van der Waals surface area contributed by atoms with Gasteiger partial charge in [0.2, 0.25) is 11.8 Å². The Morgan fingerprint density at radius 2 is 2.06 bits per heavy atom. The molecule has 0 spiro atoms. The van der Waals surface area contributed by atoms with E-state index in [9.17, 15) is 9.59 Å². The molecule has 0 aliphatic carbocycles. The molecule has 0 saturated carbocycles. The number of carbonyl (C=O) groups is 2. The molecule has 0 N–H and O–H groups in total. The molecule has 0 bridgehead atoms. The molecule has 5 heteroatoms. The number of aromatic nitrogens is 1.